The predicted molar refractivity (Wildman–Crippen MR) is 91.2 cm³/mol. The van der Waals surface area contributed by atoms with E-state index >= 15 is 0 Å². The molecule has 0 saturated carbocycles. The van der Waals surface area contributed by atoms with Crippen LogP contribution in [0.15, 0.2) is 54.7 Å². The largest absolute Gasteiger partial charge is 0.321 e. The molecule has 116 valence electrons. The highest BCUT2D eigenvalue weighted by molar-refractivity contribution is 6.02. The number of carbonyl (C=O) groups excluding carboxylic acids is 1. The molecule has 2 N–H and O–H groups in total. The van der Waals surface area contributed by atoms with E-state index in [1.54, 1.807) is 6.07 Å². The highest BCUT2D eigenvalue weighted by atomic mass is 16.1. The number of fused-ring (bicyclic) bond motifs is 2. The number of nitrogens with zero attached hydrogens (tertiary/aromatic N) is 1. The average molecular weight is 305 g/mol. The summed E-state index contributed by atoms with van der Waals surface area (Å²) < 4.78 is 0. The molecule has 1 aromatic heterocycles. The van der Waals surface area contributed by atoms with Crippen LogP contribution in [0.2, 0.25) is 0 Å². The zero-order valence-electron chi connectivity index (χ0n) is 12.8. The predicted octanol–water partition coefficient (Wildman–Crippen LogP) is 3.24. The Labute approximate surface area is 135 Å². The lowest BCUT2D eigenvalue weighted by atomic mass is 9.97. The number of rotatable bonds is 3. The number of benzene rings is 1. The fourth-order valence-corrected chi connectivity index (χ4v) is 3.37. The van der Waals surface area contributed by atoms with Gasteiger partial charge in [-0.1, -0.05) is 30.3 Å². The zero-order valence-corrected chi connectivity index (χ0v) is 12.8. The van der Waals surface area contributed by atoms with Crippen LogP contribution >= 0.6 is 0 Å². The highest BCUT2D eigenvalue weighted by Gasteiger charge is 2.28. The fourth-order valence-electron chi connectivity index (χ4n) is 3.37. The van der Waals surface area contributed by atoms with Crippen LogP contribution < -0.4 is 10.6 Å². The van der Waals surface area contributed by atoms with Gasteiger partial charge in [-0.05, 0) is 48.6 Å². The molecule has 2 aliphatic heterocycles. The van der Waals surface area contributed by atoms with E-state index in [9.17, 15) is 4.79 Å². The number of anilines is 1. The standard InChI is InChI=1S/C19H19N3O/c23-19(22-15-4-2-1-3-5-15)18-9-6-13(12-20-18)14-10-16-7-8-17(11-14)21-16/h1-6,9-10,12,16-17,21H,7-8,11H2,(H,22,23). The van der Waals surface area contributed by atoms with E-state index < -0.39 is 0 Å². The zero-order chi connectivity index (χ0) is 15.6. The summed E-state index contributed by atoms with van der Waals surface area (Å²) in [5.74, 6) is -0.179. The van der Waals surface area contributed by atoms with Gasteiger partial charge in [0, 0.05) is 24.0 Å². The van der Waals surface area contributed by atoms with Crippen LogP contribution in [-0.4, -0.2) is 23.0 Å². The molecule has 2 unspecified atom stereocenters. The third kappa shape index (κ3) is 3.03. The van der Waals surface area contributed by atoms with Crippen LogP contribution in [0.1, 0.15) is 35.3 Å². The van der Waals surface area contributed by atoms with Gasteiger partial charge in [0.15, 0.2) is 0 Å². The molecule has 0 spiro atoms. The van der Waals surface area contributed by atoms with E-state index in [0.29, 0.717) is 17.8 Å². The summed E-state index contributed by atoms with van der Waals surface area (Å²) in [7, 11) is 0. The number of pyridine rings is 1. The third-order valence-corrected chi connectivity index (χ3v) is 4.54. The summed E-state index contributed by atoms with van der Waals surface area (Å²) in [6.07, 6.45) is 7.64. The van der Waals surface area contributed by atoms with Gasteiger partial charge in [0.1, 0.15) is 5.69 Å². The van der Waals surface area contributed by atoms with Crippen LogP contribution in [0.4, 0.5) is 5.69 Å². The summed E-state index contributed by atoms with van der Waals surface area (Å²) in [5.41, 5.74) is 3.69. The molecule has 2 aromatic rings. The molecule has 1 aromatic carbocycles. The van der Waals surface area contributed by atoms with Crippen molar-refractivity contribution in [1.82, 2.24) is 10.3 Å². The van der Waals surface area contributed by atoms with Gasteiger partial charge in [-0.15, -0.1) is 0 Å². The SMILES string of the molecule is O=C(Nc1ccccc1)c1ccc(C2=CC3CCC(C2)N3)cn1. The second-order valence-electron chi connectivity index (χ2n) is 6.20. The maximum absolute atomic E-state index is 12.2. The smallest absolute Gasteiger partial charge is 0.274 e. The van der Waals surface area contributed by atoms with E-state index in [4.69, 9.17) is 0 Å². The van der Waals surface area contributed by atoms with Crippen molar-refractivity contribution in [2.24, 2.45) is 0 Å². The first-order chi connectivity index (χ1) is 11.3. The molecule has 4 rings (SSSR count). The van der Waals surface area contributed by atoms with Gasteiger partial charge < -0.3 is 10.6 Å². The van der Waals surface area contributed by atoms with E-state index in [1.807, 2.05) is 42.6 Å². The molecule has 0 aliphatic carbocycles. The van der Waals surface area contributed by atoms with Crippen LogP contribution in [0.5, 0.6) is 0 Å². The molecule has 2 atom stereocenters. The number of nitrogens with one attached hydrogen (secondary N) is 2. The van der Waals surface area contributed by atoms with Gasteiger partial charge in [-0.2, -0.15) is 0 Å². The lowest BCUT2D eigenvalue weighted by molar-refractivity contribution is 0.102. The molecule has 23 heavy (non-hydrogen) atoms. The lowest BCUT2D eigenvalue weighted by Crippen LogP contribution is -2.31. The molecule has 2 bridgehead atoms. The Bertz CT molecular complexity index is 737. The monoisotopic (exact) mass is 305 g/mol. The van der Waals surface area contributed by atoms with Gasteiger partial charge in [-0.25, -0.2) is 0 Å². The number of hydrogen-bond donors (Lipinski definition) is 2. The molecule has 0 radical (unpaired) electrons. The number of amides is 1. The topological polar surface area (TPSA) is 54.0 Å². The van der Waals surface area contributed by atoms with Crippen LogP contribution in [0.25, 0.3) is 5.57 Å². The lowest BCUT2D eigenvalue weighted by Gasteiger charge is -2.21. The number of para-hydroxylation sites is 1. The number of aromatic nitrogens is 1. The summed E-state index contributed by atoms with van der Waals surface area (Å²) in [6, 6.07) is 14.3. The van der Waals surface area contributed by atoms with Crippen molar-refractivity contribution in [1.29, 1.82) is 0 Å². The molecular formula is C19H19N3O. The second kappa shape index (κ2) is 5.97. The quantitative estimate of drug-likeness (QED) is 0.915. The van der Waals surface area contributed by atoms with Gasteiger partial charge in [0.2, 0.25) is 0 Å². The summed E-state index contributed by atoms with van der Waals surface area (Å²) in [5, 5.41) is 6.44. The Kier molecular flexibility index (Phi) is 3.67. The van der Waals surface area contributed by atoms with Crippen LogP contribution in [0.3, 0.4) is 0 Å². The van der Waals surface area contributed by atoms with Crippen molar-refractivity contribution in [2.45, 2.75) is 31.3 Å². The van der Waals surface area contributed by atoms with Gasteiger partial charge in [0.05, 0.1) is 0 Å². The molecule has 4 nitrogen and oxygen atoms in total. The number of carbonyl (C=O) groups is 1. The van der Waals surface area contributed by atoms with Crippen LogP contribution in [-0.2, 0) is 0 Å². The number of hydrogen-bond acceptors (Lipinski definition) is 3. The van der Waals surface area contributed by atoms with Gasteiger partial charge in [0.25, 0.3) is 5.91 Å². The first kappa shape index (κ1) is 14.2. The summed E-state index contributed by atoms with van der Waals surface area (Å²) in [6.45, 7) is 0. The molecule has 1 fully saturated rings. The molecule has 3 heterocycles. The molecule has 1 saturated heterocycles. The Hall–Kier alpha value is -2.46. The Balaban J connectivity index is 1.49. The van der Waals surface area contributed by atoms with Crippen molar-refractivity contribution < 1.29 is 4.79 Å². The second-order valence-corrected chi connectivity index (χ2v) is 6.20. The third-order valence-electron chi connectivity index (χ3n) is 4.54. The maximum Gasteiger partial charge on any atom is 0.274 e. The van der Waals surface area contributed by atoms with E-state index in [-0.39, 0.29) is 5.91 Å². The molecule has 4 heteroatoms. The molecule has 2 aliphatic rings. The normalized spacial score (nSPS) is 22.5. The Morgan fingerprint density at radius 3 is 2.74 bits per heavy atom. The maximum atomic E-state index is 12.2. The minimum absolute atomic E-state index is 0.179. The van der Waals surface area contributed by atoms with E-state index in [2.05, 4.69) is 21.7 Å². The van der Waals surface area contributed by atoms with E-state index in [1.165, 1.54) is 18.4 Å². The minimum atomic E-state index is -0.179. The fraction of sp³-hybridized carbons (Fsp3) is 0.263. The van der Waals surface area contributed by atoms with Crippen molar-refractivity contribution >= 4 is 17.2 Å². The Morgan fingerprint density at radius 1 is 1.13 bits per heavy atom. The first-order valence-corrected chi connectivity index (χ1v) is 8.07. The average Bonchev–Trinajstić information content (AvgIpc) is 2.94. The molecular weight excluding hydrogens is 286 g/mol. The van der Waals surface area contributed by atoms with Crippen molar-refractivity contribution in [2.75, 3.05) is 5.32 Å². The van der Waals surface area contributed by atoms with Crippen LogP contribution in [0, 0.1) is 0 Å². The first-order valence-electron chi connectivity index (χ1n) is 8.07. The summed E-state index contributed by atoms with van der Waals surface area (Å²) in [4.78, 5) is 16.6. The highest BCUT2D eigenvalue weighted by Crippen LogP contribution is 2.31. The van der Waals surface area contributed by atoms with Gasteiger partial charge in [-0.3, -0.25) is 9.78 Å². The Morgan fingerprint density at radius 2 is 2.00 bits per heavy atom. The van der Waals surface area contributed by atoms with E-state index in [0.717, 1.165) is 17.7 Å². The molecule has 1 amide bonds. The minimum Gasteiger partial charge on any atom is -0.321 e. The van der Waals surface area contributed by atoms with Crippen molar-refractivity contribution in [3.8, 4) is 0 Å². The van der Waals surface area contributed by atoms with Crippen molar-refractivity contribution in [3.05, 3.63) is 66.0 Å². The van der Waals surface area contributed by atoms with Gasteiger partial charge >= 0.3 is 0 Å². The van der Waals surface area contributed by atoms with Crippen molar-refractivity contribution in [3.63, 3.8) is 0 Å². The summed E-state index contributed by atoms with van der Waals surface area (Å²) >= 11 is 0.